The normalized spacial score (nSPS) is 11.1. The van der Waals surface area contributed by atoms with E-state index in [4.69, 9.17) is 4.42 Å². The van der Waals surface area contributed by atoms with Crippen molar-refractivity contribution in [3.63, 3.8) is 0 Å². The first kappa shape index (κ1) is 18.7. The second-order valence-electron chi connectivity index (χ2n) is 6.85. The molecule has 1 aromatic carbocycles. The van der Waals surface area contributed by atoms with Crippen LogP contribution in [0.15, 0.2) is 58.1 Å². The Morgan fingerprint density at radius 1 is 1.26 bits per heavy atom. The summed E-state index contributed by atoms with van der Waals surface area (Å²) in [5.74, 6) is 1.06. The summed E-state index contributed by atoms with van der Waals surface area (Å²) in [6, 6.07) is 10.8. The fraction of sp³-hybridized carbons (Fsp3) is 0.350. The van der Waals surface area contributed by atoms with Crippen molar-refractivity contribution >= 4 is 16.8 Å². The summed E-state index contributed by atoms with van der Waals surface area (Å²) in [5.41, 5.74) is -0.156. The maximum absolute atomic E-state index is 12.6. The maximum Gasteiger partial charge on any atom is 0.317 e. The largest absolute Gasteiger partial charge is 0.467 e. The number of hydrogen-bond acceptors (Lipinski definition) is 4. The second-order valence-corrected chi connectivity index (χ2v) is 6.85. The molecule has 3 rings (SSSR count). The van der Waals surface area contributed by atoms with Gasteiger partial charge >= 0.3 is 6.03 Å². The van der Waals surface area contributed by atoms with Gasteiger partial charge in [0.05, 0.1) is 30.9 Å². The smallest absolute Gasteiger partial charge is 0.317 e. The Morgan fingerprint density at radius 3 is 2.81 bits per heavy atom. The van der Waals surface area contributed by atoms with Crippen molar-refractivity contribution < 1.29 is 9.21 Å². The van der Waals surface area contributed by atoms with Gasteiger partial charge in [-0.15, -0.1) is 0 Å². The number of rotatable bonds is 7. The molecule has 3 aromatic rings. The van der Waals surface area contributed by atoms with E-state index in [1.165, 1.54) is 4.68 Å². The Morgan fingerprint density at radius 2 is 2.07 bits per heavy atom. The number of carbonyl (C=O) groups excluding carboxylic acids is 1. The van der Waals surface area contributed by atoms with E-state index in [2.05, 4.69) is 24.3 Å². The first-order valence-corrected chi connectivity index (χ1v) is 9.04. The lowest BCUT2D eigenvalue weighted by atomic mass is 10.2. The number of aromatic nitrogens is 2. The zero-order valence-corrected chi connectivity index (χ0v) is 15.6. The number of carbonyl (C=O) groups is 1. The summed E-state index contributed by atoms with van der Waals surface area (Å²) in [7, 11) is 0. The molecule has 0 saturated carbocycles. The Hall–Kier alpha value is -3.09. The molecule has 0 spiro atoms. The summed E-state index contributed by atoms with van der Waals surface area (Å²) in [6.45, 7) is 5.76. The van der Waals surface area contributed by atoms with E-state index < -0.39 is 0 Å². The van der Waals surface area contributed by atoms with Gasteiger partial charge in [-0.25, -0.2) is 9.48 Å². The zero-order valence-electron chi connectivity index (χ0n) is 15.6. The lowest BCUT2D eigenvalue weighted by Gasteiger charge is -2.24. The summed E-state index contributed by atoms with van der Waals surface area (Å²) >= 11 is 0. The standard InChI is InChI=1S/C20H24N4O3/c1-15(2)13-23(14-17-7-5-11-27-17)20(26)21-9-10-24-19(25)18-8-4-3-6-16(18)12-22-24/h3-8,11-12,15H,9-10,13-14H2,1-2H3,(H,21,26). The van der Waals surface area contributed by atoms with E-state index in [1.807, 2.05) is 24.3 Å². The SMILES string of the molecule is CC(C)CN(Cc1ccco1)C(=O)NCCn1ncc2ccccc2c1=O. The predicted octanol–water partition coefficient (Wildman–Crippen LogP) is 2.86. The molecule has 0 aliphatic carbocycles. The van der Waals surface area contributed by atoms with Crippen LogP contribution in [0, 0.1) is 5.92 Å². The van der Waals surface area contributed by atoms with Crippen LogP contribution in [-0.4, -0.2) is 33.8 Å². The highest BCUT2D eigenvalue weighted by Gasteiger charge is 2.16. The Kier molecular flexibility index (Phi) is 5.90. The van der Waals surface area contributed by atoms with Crippen molar-refractivity contribution in [2.75, 3.05) is 13.1 Å². The molecular formula is C20H24N4O3. The summed E-state index contributed by atoms with van der Waals surface area (Å²) in [4.78, 5) is 26.7. The maximum atomic E-state index is 12.6. The number of amides is 2. The molecular weight excluding hydrogens is 344 g/mol. The molecule has 0 aliphatic heterocycles. The fourth-order valence-electron chi connectivity index (χ4n) is 2.92. The Balaban J connectivity index is 1.62. The number of furan rings is 1. The number of nitrogens with zero attached hydrogens (tertiary/aromatic N) is 3. The minimum Gasteiger partial charge on any atom is -0.467 e. The molecule has 2 amide bonds. The monoisotopic (exact) mass is 368 g/mol. The molecule has 2 aromatic heterocycles. The van der Waals surface area contributed by atoms with Gasteiger partial charge in [0.15, 0.2) is 0 Å². The van der Waals surface area contributed by atoms with Gasteiger partial charge in [-0.2, -0.15) is 5.10 Å². The third-order valence-electron chi connectivity index (χ3n) is 4.16. The quantitative estimate of drug-likeness (QED) is 0.695. The second kappa shape index (κ2) is 8.53. The van der Waals surface area contributed by atoms with E-state index >= 15 is 0 Å². The van der Waals surface area contributed by atoms with Crippen molar-refractivity contribution in [3.05, 3.63) is 65.0 Å². The molecule has 7 nitrogen and oxygen atoms in total. The molecule has 0 fully saturated rings. The van der Waals surface area contributed by atoms with E-state index in [0.717, 1.165) is 11.1 Å². The lowest BCUT2D eigenvalue weighted by Crippen LogP contribution is -2.43. The van der Waals surface area contributed by atoms with Gasteiger partial charge in [-0.1, -0.05) is 32.0 Å². The first-order chi connectivity index (χ1) is 13.0. The number of fused-ring (bicyclic) bond motifs is 1. The number of benzene rings is 1. The van der Waals surface area contributed by atoms with Crippen LogP contribution in [0.1, 0.15) is 19.6 Å². The van der Waals surface area contributed by atoms with E-state index in [1.54, 1.807) is 29.5 Å². The van der Waals surface area contributed by atoms with Crippen molar-refractivity contribution in [3.8, 4) is 0 Å². The van der Waals surface area contributed by atoms with E-state index in [9.17, 15) is 9.59 Å². The van der Waals surface area contributed by atoms with Crippen molar-refractivity contribution in [1.82, 2.24) is 20.0 Å². The first-order valence-electron chi connectivity index (χ1n) is 9.04. The third kappa shape index (κ3) is 4.75. The molecule has 0 aliphatic rings. The molecule has 0 radical (unpaired) electrons. The third-order valence-corrected chi connectivity index (χ3v) is 4.16. The van der Waals surface area contributed by atoms with Crippen LogP contribution in [0.5, 0.6) is 0 Å². The minimum atomic E-state index is -0.186. The number of urea groups is 1. The predicted molar refractivity (Wildman–Crippen MR) is 103 cm³/mol. The molecule has 27 heavy (non-hydrogen) atoms. The minimum absolute atomic E-state index is 0.156. The van der Waals surface area contributed by atoms with Crippen LogP contribution in [-0.2, 0) is 13.1 Å². The number of hydrogen-bond donors (Lipinski definition) is 1. The average Bonchev–Trinajstić information content (AvgIpc) is 3.16. The van der Waals surface area contributed by atoms with E-state index in [0.29, 0.717) is 37.5 Å². The van der Waals surface area contributed by atoms with Crippen LogP contribution in [0.4, 0.5) is 4.79 Å². The molecule has 0 bridgehead atoms. The van der Waals surface area contributed by atoms with Crippen LogP contribution in [0.25, 0.3) is 10.8 Å². The number of nitrogens with one attached hydrogen (secondary N) is 1. The van der Waals surface area contributed by atoms with Gasteiger partial charge in [0, 0.05) is 18.5 Å². The van der Waals surface area contributed by atoms with E-state index in [-0.39, 0.29) is 11.6 Å². The molecule has 0 saturated heterocycles. The average molecular weight is 368 g/mol. The molecule has 7 heteroatoms. The fourth-order valence-corrected chi connectivity index (χ4v) is 2.92. The van der Waals surface area contributed by atoms with Gasteiger partial charge in [-0.05, 0) is 24.1 Å². The van der Waals surface area contributed by atoms with Crippen LogP contribution < -0.4 is 10.9 Å². The highest BCUT2D eigenvalue weighted by molar-refractivity contribution is 5.80. The van der Waals surface area contributed by atoms with Crippen LogP contribution in [0.3, 0.4) is 0 Å². The topological polar surface area (TPSA) is 80.4 Å². The highest BCUT2D eigenvalue weighted by Crippen LogP contribution is 2.09. The Bertz CT molecular complexity index is 947. The zero-order chi connectivity index (χ0) is 19.2. The molecule has 0 unspecified atom stereocenters. The molecule has 0 atom stereocenters. The van der Waals surface area contributed by atoms with Gasteiger partial charge in [0.1, 0.15) is 5.76 Å². The summed E-state index contributed by atoms with van der Waals surface area (Å²) in [5, 5.41) is 8.48. The van der Waals surface area contributed by atoms with Crippen molar-refractivity contribution in [2.24, 2.45) is 5.92 Å². The molecule has 1 N–H and O–H groups in total. The molecule has 142 valence electrons. The summed E-state index contributed by atoms with van der Waals surface area (Å²) < 4.78 is 6.73. The van der Waals surface area contributed by atoms with Gasteiger partial charge < -0.3 is 14.6 Å². The van der Waals surface area contributed by atoms with Gasteiger partial charge in [0.25, 0.3) is 5.56 Å². The van der Waals surface area contributed by atoms with Crippen LogP contribution >= 0.6 is 0 Å². The summed E-state index contributed by atoms with van der Waals surface area (Å²) in [6.07, 6.45) is 3.26. The Labute approximate surface area is 157 Å². The highest BCUT2D eigenvalue weighted by atomic mass is 16.3. The van der Waals surface area contributed by atoms with Crippen molar-refractivity contribution in [2.45, 2.75) is 26.9 Å². The lowest BCUT2D eigenvalue weighted by molar-refractivity contribution is 0.182. The molecule has 2 heterocycles. The van der Waals surface area contributed by atoms with Crippen LogP contribution in [0.2, 0.25) is 0 Å². The van der Waals surface area contributed by atoms with Gasteiger partial charge in [-0.3, -0.25) is 4.79 Å². The van der Waals surface area contributed by atoms with Gasteiger partial charge in [0.2, 0.25) is 0 Å². The van der Waals surface area contributed by atoms with Crippen molar-refractivity contribution in [1.29, 1.82) is 0 Å².